The predicted octanol–water partition coefficient (Wildman–Crippen LogP) is 2.14. The highest BCUT2D eigenvalue weighted by Gasteiger charge is 2.14. The van der Waals surface area contributed by atoms with Crippen molar-refractivity contribution in [3.05, 3.63) is 29.3 Å². The lowest BCUT2D eigenvalue weighted by Crippen LogP contribution is -2.16. The molecule has 0 aliphatic heterocycles. The van der Waals surface area contributed by atoms with E-state index in [1.165, 1.54) is 24.0 Å². The van der Waals surface area contributed by atoms with Gasteiger partial charge in [0, 0.05) is 19.8 Å². The van der Waals surface area contributed by atoms with Gasteiger partial charge < -0.3 is 16.0 Å². The third-order valence-electron chi connectivity index (χ3n) is 3.68. The van der Waals surface area contributed by atoms with Crippen LogP contribution in [0, 0.1) is 0 Å². The van der Waals surface area contributed by atoms with Crippen molar-refractivity contribution in [2.24, 2.45) is 0 Å². The van der Waals surface area contributed by atoms with Gasteiger partial charge in [0.1, 0.15) is 0 Å². The fraction of sp³-hybridized carbons (Fsp3) is 0.400. The molecule has 0 atom stereocenters. The van der Waals surface area contributed by atoms with Crippen molar-refractivity contribution in [1.82, 2.24) is 15.0 Å². The summed E-state index contributed by atoms with van der Waals surface area (Å²) in [5.74, 6) is 1.26. The van der Waals surface area contributed by atoms with E-state index in [2.05, 4.69) is 38.5 Å². The van der Waals surface area contributed by atoms with Gasteiger partial charge in [-0.25, -0.2) is 0 Å². The molecule has 0 saturated heterocycles. The van der Waals surface area contributed by atoms with Crippen molar-refractivity contribution >= 4 is 23.5 Å². The maximum Gasteiger partial charge on any atom is 0.233 e. The Morgan fingerprint density at radius 2 is 1.90 bits per heavy atom. The molecule has 1 aliphatic carbocycles. The van der Waals surface area contributed by atoms with Crippen LogP contribution < -0.4 is 16.0 Å². The molecule has 3 rings (SSSR count). The van der Waals surface area contributed by atoms with Gasteiger partial charge in [-0.1, -0.05) is 12.1 Å². The number of hydrogen-bond donors (Lipinski definition) is 2. The summed E-state index contributed by atoms with van der Waals surface area (Å²) in [5.41, 5.74) is 9.62. The first-order valence-corrected chi connectivity index (χ1v) is 7.20. The molecular weight excluding hydrogens is 264 g/mol. The van der Waals surface area contributed by atoms with Crippen LogP contribution in [0.4, 0.5) is 23.5 Å². The van der Waals surface area contributed by atoms with Crippen molar-refractivity contribution in [2.45, 2.75) is 25.7 Å². The van der Waals surface area contributed by atoms with E-state index in [0.717, 1.165) is 18.5 Å². The van der Waals surface area contributed by atoms with Crippen LogP contribution in [0.3, 0.4) is 0 Å². The molecule has 0 amide bonds. The average molecular weight is 284 g/mol. The van der Waals surface area contributed by atoms with Gasteiger partial charge in [0.05, 0.1) is 0 Å². The molecule has 110 valence electrons. The van der Waals surface area contributed by atoms with Crippen molar-refractivity contribution in [2.75, 3.05) is 30.0 Å². The lowest BCUT2D eigenvalue weighted by Gasteiger charge is -2.20. The van der Waals surface area contributed by atoms with Gasteiger partial charge in [0.15, 0.2) is 0 Å². The number of benzene rings is 1. The largest absolute Gasteiger partial charge is 0.368 e. The summed E-state index contributed by atoms with van der Waals surface area (Å²) in [6, 6.07) is 6.34. The zero-order valence-electron chi connectivity index (χ0n) is 12.4. The summed E-state index contributed by atoms with van der Waals surface area (Å²) in [4.78, 5) is 14.5. The van der Waals surface area contributed by atoms with Crippen LogP contribution in [0.5, 0.6) is 0 Å². The molecule has 1 aromatic heterocycles. The van der Waals surface area contributed by atoms with E-state index in [9.17, 15) is 0 Å². The van der Waals surface area contributed by atoms with Crippen molar-refractivity contribution < 1.29 is 0 Å². The van der Waals surface area contributed by atoms with E-state index >= 15 is 0 Å². The fourth-order valence-electron chi connectivity index (χ4n) is 2.66. The first-order valence-electron chi connectivity index (χ1n) is 7.20. The van der Waals surface area contributed by atoms with Crippen LogP contribution in [0.1, 0.15) is 24.0 Å². The summed E-state index contributed by atoms with van der Waals surface area (Å²) in [5, 5.41) is 3.30. The van der Waals surface area contributed by atoms with E-state index in [-0.39, 0.29) is 5.95 Å². The van der Waals surface area contributed by atoms with E-state index in [1.807, 2.05) is 19.0 Å². The summed E-state index contributed by atoms with van der Waals surface area (Å²) in [6.45, 7) is 0. The van der Waals surface area contributed by atoms with Gasteiger partial charge >= 0.3 is 0 Å². The Labute approximate surface area is 124 Å². The zero-order valence-corrected chi connectivity index (χ0v) is 12.4. The van der Waals surface area contributed by atoms with Crippen LogP contribution in [-0.4, -0.2) is 29.0 Å². The first kappa shape index (κ1) is 13.6. The molecule has 3 N–H and O–H groups in total. The van der Waals surface area contributed by atoms with E-state index in [1.54, 1.807) is 0 Å². The monoisotopic (exact) mass is 284 g/mol. The molecule has 0 saturated carbocycles. The van der Waals surface area contributed by atoms with Gasteiger partial charge in [-0.3, -0.25) is 0 Å². The molecule has 0 bridgehead atoms. The molecule has 1 heterocycles. The molecule has 1 aromatic carbocycles. The van der Waals surface area contributed by atoms with E-state index in [0.29, 0.717) is 11.9 Å². The summed E-state index contributed by atoms with van der Waals surface area (Å²) in [6.07, 6.45) is 4.74. The number of rotatable bonds is 3. The maximum absolute atomic E-state index is 5.76. The van der Waals surface area contributed by atoms with Crippen LogP contribution in [-0.2, 0) is 12.8 Å². The number of nitrogens with two attached hydrogens (primary N) is 1. The Kier molecular flexibility index (Phi) is 3.60. The third kappa shape index (κ3) is 2.89. The molecule has 0 unspecified atom stereocenters. The lowest BCUT2D eigenvalue weighted by atomic mass is 9.90. The van der Waals surface area contributed by atoms with Gasteiger partial charge in [-0.2, -0.15) is 15.0 Å². The normalized spacial score (nSPS) is 13.6. The SMILES string of the molecule is CN(C)c1nc(N)nc(Nc2cccc3c2CCCC3)n1. The minimum absolute atomic E-state index is 0.223. The molecule has 6 heteroatoms. The second kappa shape index (κ2) is 5.55. The quantitative estimate of drug-likeness (QED) is 0.899. The number of nitrogen functional groups attached to an aromatic ring is 1. The minimum atomic E-state index is 0.223. The predicted molar refractivity (Wildman–Crippen MR) is 84.9 cm³/mol. The number of aryl methyl sites for hydroxylation is 1. The average Bonchev–Trinajstić information content (AvgIpc) is 2.47. The Morgan fingerprint density at radius 1 is 1.10 bits per heavy atom. The second-order valence-corrected chi connectivity index (χ2v) is 5.49. The highest BCUT2D eigenvalue weighted by Crippen LogP contribution is 2.29. The van der Waals surface area contributed by atoms with Gasteiger partial charge in [-0.15, -0.1) is 0 Å². The number of fused-ring (bicyclic) bond motifs is 1. The van der Waals surface area contributed by atoms with Crippen LogP contribution in [0.15, 0.2) is 18.2 Å². The number of hydrogen-bond acceptors (Lipinski definition) is 6. The van der Waals surface area contributed by atoms with Crippen LogP contribution >= 0.6 is 0 Å². The Morgan fingerprint density at radius 3 is 2.71 bits per heavy atom. The molecule has 2 aromatic rings. The summed E-state index contributed by atoms with van der Waals surface area (Å²) >= 11 is 0. The Hall–Kier alpha value is -2.37. The van der Waals surface area contributed by atoms with Crippen LogP contribution in [0.25, 0.3) is 0 Å². The lowest BCUT2D eigenvalue weighted by molar-refractivity contribution is 0.687. The van der Waals surface area contributed by atoms with Gasteiger partial charge in [0.25, 0.3) is 0 Å². The van der Waals surface area contributed by atoms with Crippen LogP contribution in [0.2, 0.25) is 0 Å². The first-order chi connectivity index (χ1) is 10.1. The highest BCUT2D eigenvalue weighted by molar-refractivity contribution is 5.62. The van der Waals surface area contributed by atoms with E-state index < -0.39 is 0 Å². The summed E-state index contributed by atoms with van der Waals surface area (Å²) in [7, 11) is 3.76. The number of aromatic nitrogens is 3. The van der Waals surface area contributed by atoms with Crippen molar-refractivity contribution in [3.8, 4) is 0 Å². The molecule has 0 spiro atoms. The topological polar surface area (TPSA) is 80.0 Å². The second-order valence-electron chi connectivity index (χ2n) is 5.49. The number of nitrogens with zero attached hydrogens (tertiary/aromatic N) is 4. The molecule has 1 aliphatic rings. The Bertz CT molecular complexity index is 653. The smallest absolute Gasteiger partial charge is 0.233 e. The van der Waals surface area contributed by atoms with Crippen molar-refractivity contribution in [1.29, 1.82) is 0 Å². The Balaban J connectivity index is 1.94. The number of anilines is 4. The fourth-order valence-corrected chi connectivity index (χ4v) is 2.66. The maximum atomic E-state index is 5.76. The molecule has 21 heavy (non-hydrogen) atoms. The van der Waals surface area contributed by atoms with Gasteiger partial charge in [-0.05, 0) is 42.9 Å². The van der Waals surface area contributed by atoms with Gasteiger partial charge in [0.2, 0.25) is 17.8 Å². The zero-order chi connectivity index (χ0) is 14.8. The summed E-state index contributed by atoms with van der Waals surface area (Å²) < 4.78 is 0. The van der Waals surface area contributed by atoms with E-state index in [4.69, 9.17) is 5.73 Å². The molecule has 0 radical (unpaired) electrons. The molecule has 0 fully saturated rings. The standard InChI is InChI=1S/C15H20N6/c1-21(2)15-19-13(16)18-14(20-15)17-12-9-5-7-10-6-3-4-8-11(10)12/h5,7,9H,3-4,6,8H2,1-2H3,(H3,16,17,18,19,20). The van der Waals surface area contributed by atoms with Crippen molar-refractivity contribution in [3.63, 3.8) is 0 Å². The molecular formula is C15H20N6. The number of nitrogens with one attached hydrogen (secondary N) is 1. The highest BCUT2D eigenvalue weighted by atomic mass is 15.3. The third-order valence-corrected chi connectivity index (χ3v) is 3.68. The minimum Gasteiger partial charge on any atom is -0.368 e. The molecule has 6 nitrogen and oxygen atoms in total.